The summed E-state index contributed by atoms with van der Waals surface area (Å²) in [5, 5.41) is 8.20. The molecule has 0 fully saturated rings. The van der Waals surface area contributed by atoms with E-state index in [0.29, 0.717) is 13.2 Å². The summed E-state index contributed by atoms with van der Waals surface area (Å²) in [6.45, 7) is 3.03. The van der Waals surface area contributed by atoms with Crippen LogP contribution in [0.2, 0.25) is 0 Å². The second-order valence-electron chi connectivity index (χ2n) is 1.19. The third-order valence-corrected chi connectivity index (χ3v) is 0.545. The van der Waals surface area contributed by atoms with Gasteiger partial charge in [0.15, 0.2) is 0 Å². The Balaban J connectivity index is 2.83. The summed E-state index contributed by atoms with van der Waals surface area (Å²) in [5.74, 6) is 0. The van der Waals surface area contributed by atoms with Crippen molar-refractivity contribution >= 4 is 7.27 Å². The minimum absolute atomic E-state index is 0.0869. The fourth-order valence-electron chi connectivity index (χ4n) is 0.238. The molecule has 0 aliphatic rings. The fraction of sp³-hybridized carbons (Fsp3) is 1.00. The zero-order valence-corrected chi connectivity index (χ0v) is 5.00. The van der Waals surface area contributed by atoms with E-state index in [-0.39, 0.29) is 6.61 Å². The molecule has 3 nitrogen and oxygen atoms in total. The van der Waals surface area contributed by atoms with E-state index in [1.165, 1.54) is 7.27 Å². The number of aliphatic hydroxyl groups is 1. The average molecular weight is 115 g/mol. The van der Waals surface area contributed by atoms with E-state index in [2.05, 4.69) is 4.90 Å². The summed E-state index contributed by atoms with van der Waals surface area (Å²) in [6.07, 6.45) is 0. The van der Waals surface area contributed by atoms with Crippen molar-refractivity contribution in [3.05, 3.63) is 0 Å². The minimum atomic E-state index is 0.0869. The molecule has 0 aliphatic heterocycles. The van der Waals surface area contributed by atoms with Crippen molar-refractivity contribution in [3.63, 3.8) is 0 Å². The van der Waals surface area contributed by atoms with E-state index >= 15 is 0 Å². The van der Waals surface area contributed by atoms with Gasteiger partial charge in [-0.3, -0.25) is 0 Å². The Morgan fingerprint density at radius 1 is 1.75 bits per heavy atom. The van der Waals surface area contributed by atoms with Gasteiger partial charge in [0.25, 0.3) is 0 Å². The summed E-state index contributed by atoms with van der Waals surface area (Å²) in [5.41, 5.74) is 0. The van der Waals surface area contributed by atoms with Gasteiger partial charge in [-0.2, -0.15) is 0 Å². The molecule has 0 atom stereocenters. The van der Waals surface area contributed by atoms with E-state index in [9.17, 15) is 0 Å². The van der Waals surface area contributed by atoms with Gasteiger partial charge in [0, 0.05) is 0 Å². The van der Waals surface area contributed by atoms with E-state index in [4.69, 9.17) is 9.76 Å². The average Bonchev–Trinajstić information content (AvgIpc) is 1.81. The Kier molecular flexibility index (Phi) is 6.31. The van der Waals surface area contributed by atoms with Gasteiger partial charge in [0.2, 0.25) is 0 Å². The van der Waals surface area contributed by atoms with Gasteiger partial charge < -0.3 is 0 Å². The third kappa shape index (κ3) is 5.62. The van der Waals surface area contributed by atoms with E-state index < -0.39 is 0 Å². The van der Waals surface area contributed by atoms with Crippen molar-refractivity contribution in [1.29, 1.82) is 0 Å². The first-order chi connectivity index (χ1) is 3.91. The van der Waals surface area contributed by atoms with Crippen molar-refractivity contribution < 1.29 is 9.76 Å². The van der Waals surface area contributed by atoms with E-state index in [0.717, 1.165) is 0 Å². The van der Waals surface area contributed by atoms with Crippen LogP contribution in [0, 0.1) is 0 Å². The van der Waals surface area contributed by atoms with Crippen molar-refractivity contribution in [1.82, 2.24) is 0 Å². The van der Waals surface area contributed by atoms with Gasteiger partial charge in [0.05, 0.1) is 0 Å². The first kappa shape index (κ1) is 7.62. The van der Waals surface area contributed by atoms with Crippen LogP contribution >= 0.6 is 0 Å². The predicted molar refractivity (Wildman–Crippen MR) is 31.8 cm³/mol. The summed E-state index contributed by atoms with van der Waals surface area (Å²) >= 11 is 0. The molecule has 0 aromatic carbocycles. The molecular weight excluding hydrogens is 105 g/mol. The van der Waals surface area contributed by atoms with Gasteiger partial charge in [-0.25, -0.2) is 0 Å². The van der Waals surface area contributed by atoms with Crippen LogP contribution in [-0.4, -0.2) is 32.1 Å². The fourth-order valence-corrected chi connectivity index (χ4v) is 0.238. The molecule has 0 aromatic heterocycles. The number of hydrogen-bond donors (Lipinski definition) is 1. The molecule has 0 spiro atoms. The molecule has 0 heterocycles. The third-order valence-electron chi connectivity index (χ3n) is 0.545. The zero-order chi connectivity index (χ0) is 6.24. The summed E-state index contributed by atoms with van der Waals surface area (Å²) in [4.78, 5) is 3.68. The SMILES string of the molecule is CCO/B=N/CCO. The van der Waals surface area contributed by atoms with Crippen LogP contribution < -0.4 is 0 Å². The van der Waals surface area contributed by atoms with Crippen LogP contribution in [0.15, 0.2) is 4.90 Å². The Morgan fingerprint density at radius 2 is 2.50 bits per heavy atom. The number of hydrogen-bond acceptors (Lipinski definition) is 3. The van der Waals surface area contributed by atoms with Gasteiger partial charge in [-0.05, 0) is 0 Å². The molecule has 4 heteroatoms. The number of nitrogens with zero attached hydrogens (tertiary/aromatic N) is 1. The van der Waals surface area contributed by atoms with Crippen LogP contribution in [-0.2, 0) is 4.65 Å². The van der Waals surface area contributed by atoms with Gasteiger partial charge in [-0.1, -0.05) is 0 Å². The Labute approximate surface area is 49.7 Å². The van der Waals surface area contributed by atoms with Crippen molar-refractivity contribution in [3.8, 4) is 0 Å². The van der Waals surface area contributed by atoms with E-state index in [1.54, 1.807) is 0 Å². The van der Waals surface area contributed by atoms with Crippen LogP contribution in [0.4, 0.5) is 0 Å². The van der Waals surface area contributed by atoms with Crippen LogP contribution in [0.5, 0.6) is 0 Å². The molecule has 0 amide bonds. The first-order valence-electron chi connectivity index (χ1n) is 2.62. The molecule has 46 valence electrons. The normalized spacial score (nSPS) is 9.25. The quantitative estimate of drug-likeness (QED) is 0.516. The Hall–Kier alpha value is -0.375. The molecule has 0 radical (unpaired) electrons. The van der Waals surface area contributed by atoms with Crippen LogP contribution in [0.3, 0.4) is 0 Å². The molecule has 8 heavy (non-hydrogen) atoms. The van der Waals surface area contributed by atoms with Crippen molar-refractivity contribution in [2.75, 3.05) is 19.8 Å². The maximum absolute atomic E-state index is 8.20. The topological polar surface area (TPSA) is 41.8 Å². The summed E-state index contributed by atoms with van der Waals surface area (Å²) < 4.78 is 4.73. The molecule has 0 bridgehead atoms. The second kappa shape index (κ2) is 6.62. The molecule has 0 unspecified atom stereocenters. The first-order valence-corrected chi connectivity index (χ1v) is 2.62. The zero-order valence-electron chi connectivity index (χ0n) is 5.00. The second-order valence-corrected chi connectivity index (χ2v) is 1.19. The summed E-state index contributed by atoms with van der Waals surface area (Å²) in [6, 6.07) is 0. The Morgan fingerprint density at radius 3 is 3.00 bits per heavy atom. The maximum atomic E-state index is 8.20. The predicted octanol–water partition coefficient (Wildman–Crippen LogP) is -0.182. The monoisotopic (exact) mass is 115 g/mol. The summed E-state index contributed by atoms with van der Waals surface area (Å²) in [7, 11) is 1.36. The van der Waals surface area contributed by atoms with Gasteiger partial charge >= 0.3 is 48.6 Å². The molecule has 0 saturated heterocycles. The van der Waals surface area contributed by atoms with Gasteiger partial charge in [-0.15, -0.1) is 0 Å². The van der Waals surface area contributed by atoms with Crippen molar-refractivity contribution in [2.45, 2.75) is 6.92 Å². The molecule has 0 aromatic rings. The number of aliphatic hydroxyl groups excluding tert-OH is 1. The van der Waals surface area contributed by atoms with Crippen LogP contribution in [0.25, 0.3) is 0 Å². The molecule has 1 N–H and O–H groups in total. The van der Waals surface area contributed by atoms with Crippen molar-refractivity contribution in [2.24, 2.45) is 4.90 Å². The molecule has 0 aliphatic carbocycles. The molecule has 0 saturated carbocycles. The van der Waals surface area contributed by atoms with E-state index in [1.807, 2.05) is 6.92 Å². The molecule has 0 rings (SSSR count). The molecular formula is C4H10BNO2. The number of rotatable bonds is 4. The van der Waals surface area contributed by atoms with Crippen LogP contribution in [0.1, 0.15) is 6.92 Å². The standard InChI is InChI=1S/C4H10BNO2/c1-2-8-5-6-3-4-7/h7H,2-4H2,1H3. The van der Waals surface area contributed by atoms with Gasteiger partial charge in [0.1, 0.15) is 0 Å². The Bertz CT molecular complexity index is 59.1.